The lowest BCUT2D eigenvalue weighted by Gasteiger charge is -2.04. The minimum atomic E-state index is -0.907. The number of hydrogen-bond acceptors (Lipinski definition) is 5. The Morgan fingerprint density at radius 3 is 2.27 bits per heavy atom. The van der Waals surface area contributed by atoms with Gasteiger partial charge in [-0.3, -0.25) is 19.2 Å². The molecule has 0 spiro atoms. The second-order valence-corrected chi connectivity index (χ2v) is 11.1. The molecular weight excluding hydrogens is 560 g/mol. The molecule has 1 fully saturated rings. The highest BCUT2D eigenvalue weighted by atomic mass is 16.5. The monoisotopic (exact) mass is 600 g/mol. The maximum atomic E-state index is 12.4. The van der Waals surface area contributed by atoms with Gasteiger partial charge in [0.15, 0.2) is 0 Å². The minimum Gasteiger partial charge on any atom is -0.481 e. The number of carboxylic acid groups (broad SMARTS) is 1. The number of allylic oxidation sites excluding steroid dienone is 3. The highest BCUT2D eigenvalue weighted by Crippen LogP contribution is 2.29. The topological polar surface area (TPSA) is 154 Å². The summed E-state index contributed by atoms with van der Waals surface area (Å²) in [4.78, 5) is 59.6. The summed E-state index contributed by atoms with van der Waals surface area (Å²) >= 11 is 0. The number of carboxylic acids is 1. The van der Waals surface area contributed by atoms with Crippen molar-refractivity contribution in [2.45, 2.75) is 73.6 Å². The number of methoxy groups -OCH3 is 1. The average molecular weight is 601 g/mol. The number of aromatic amines is 2. The number of hydrogen-bond donors (Lipinski definition) is 4. The lowest BCUT2D eigenvalue weighted by Crippen LogP contribution is -2.16. The lowest BCUT2D eigenvalue weighted by atomic mass is 10.00. The van der Waals surface area contributed by atoms with Crippen LogP contribution in [0.3, 0.4) is 0 Å². The Kier molecular flexibility index (Phi) is 9.71. The summed E-state index contributed by atoms with van der Waals surface area (Å²) in [6.45, 7) is 11.5. The molecule has 1 saturated heterocycles. The van der Waals surface area contributed by atoms with Gasteiger partial charge >= 0.3 is 11.9 Å². The fraction of sp³-hybridized carbons (Fsp3) is 0.382. The van der Waals surface area contributed by atoms with Crippen molar-refractivity contribution in [3.63, 3.8) is 0 Å². The van der Waals surface area contributed by atoms with Crippen LogP contribution < -0.4 is 16.0 Å². The Balaban J connectivity index is 1.91. The number of aliphatic imine (C=N–C) groups is 1. The fourth-order valence-corrected chi connectivity index (χ4v) is 5.87. The molecule has 2 amide bonds. The number of amides is 2. The molecule has 4 N–H and O–H groups in total. The zero-order valence-corrected chi connectivity index (χ0v) is 26.4. The van der Waals surface area contributed by atoms with Crippen molar-refractivity contribution in [3.8, 4) is 0 Å². The number of carbonyl (C=O) groups excluding carboxylic acids is 3. The van der Waals surface area contributed by atoms with Gasteiger partial charge in [0.05, 0.1) is 18.7 Å². The second-order valence-electron chi connectivity index (χ2n) is 11.1. The summed E-state index contributed by atoms with van der Waals surface area (Å²) in [5, 5.41) is 13.9. The van der Waals surface area contributed by atoms with Gasteiger partial charge in [-0.25, -0.2) is 4.99 Å². The van der Waals surface area contributed by atoms with Crippen LogP contribution in [-0.2, 0) is 36.8 Å². The van der Waals surface area contributed by atoms with E-state index in [9.17, 15) is 24.3 Å². The Morgan fingerprint density at radius 2 is 1.66 bits per heavy atom. The molecule has 1 unspecified atom stereocenters. The summed E-state index contributed by atoms with van der Waals surface area (Å²) in [5.41, 5.74) is 8.80. The first-order chi connectivity index (χ1) is 20.9. The highest BCUT2D eigenvalue weighted by molar-refractivity contribution is 6.30. The van der Waals surface area contributed by atoms with E-state index in [1.165, 1.54) is 7.11 Å². The van der Waals surface area contributed by atoms with Crippen LogP contribution in [-0.4, -0.2) is 51.6 Å². The number of H-pyrrole nitrogens is 2. The van der Waals surface area contributed by atoms with E-state index in [0.717, 1.165) is 55.8 Å². The van der Waals surface area contributed by atoms with E-state index in [-0.39, 0.29) is 36.5 Å². The number of nitrogens with zero attached hydrogens (tertiary/aromatic N) is 1. The van der Waals surface area contributed by atoms with Gasteiger partial charge in [0.1, 0.15) is 0 Å². The van der Waals surface area contributed by atoms with Crippen molar-refractivity contribution in [2.75, 3.05) is 7.11 Å². The van der Waals surface area contributed by atoms with E-state index >= 15 is 0 Å². The van der Waals surface area contributed by atoms with Crippen LogP contribution in [0.4, 0.5) is 0 Å². The largest absolute Gasteiger partial charge is 0.481 e. The zero-order valence-electron chi connectivity index (χ0n) is 26.4. The van der Waals surface area contributed by atoms with Crippen LogP contribution in [0.25, 0.3) is 18.2 Å². The molecule has 2 aliphatic heterocycles. The number of esters is 1. The predicted octanol–water partition coefficient (Wildman–Crippen LogP) is 3.45. The van der Waals surface area contributed by atoms with Crippen molar-refractivity contribution >= 4 is 47.7 Å². The maximum absolute atomic E-state index is 12.4. The van der Waals surface area contributed by atoms with Gasteiger partial charge in [-0.1, -0.05) is 13.0 Å². The van der Waals surface area contributed by atoms with E-state index in [0.29, 0.717) is 35.9 Å². The number of rotatable bonds is 10. The summed E-state index contributed by atoms with van der Waals surface area (Å²) < 4.78 is 4.89. The number of carbonyl (C=O) groups is 4. The molecule has 0 bridgehead atoms. The summed E-state index contributed by atoms with van der Waals surface area (Å²) in [5.74, 6) is -1.79. The molecule has 0 aliphatic carbocycles. The normalized spacial score (nSPS) is 19.5. The van der Waals surface area contributed by atoms with Gasteiger partial charge < -0.3 is 25.1 Å². The first kappa shape index (κ1) is 32.2. The third-order valence-electron chi connectivity index (χ3n) is 8.57. The Morgan fingerprint density at radius 1 is 0.955 bits per heavy atom. The fourth-order valence-electron chi connectivity index (χ4n) is 5.87. The minimum absolute atomic E-state index is 0.0579. The molecule has 0 radical (unpaired) electrons. The van der Waals surface area contributed by atoms with Crippen molar-refractivity contribution in [1.29, 1.82) is 0 Å². The number of ether oxygens (including phenoxy) is 1. The van der Waals surface area contributed by atoms with Gasteiger partial charge in [-0.15, -0.1) is 0 Å². The van der Waals surface area contributed by atoms with Crippen LogP contribution in [0, 0.1) is 19.8 Å². The molecule has 10 nitrogen and oxygen atoms in total. The standard InChI is InChI=1S/C34H40N4O6/c1-8-21-20(6)33(42)38-28(21)15-26-19(5)24(11-13-32(41)44-7)30(36-26)16-29-23(10-12-31(39)40)18(4)25(35-29)14-27-17(3)22(9-2)34(43)37-27/h8,14-16,20,35-36H,9-13H2,1-7H3,(H,38,42)(H,39,40)/b21-8+,25-14+,28-15+,29-16-. The Labute approximate surface area is 256 Å². The highest BCUT2D eigenvalue weighted by Gasteiger charge is 2.29. The molecule has 1 atom stereocenters. The van der Waals surface area contributed by atoms with E-state index in [4.69, 9.17) is 4.74 Å². The van der Waals surface area contributed by atoms with E-state index in [2.05, 4.69) is 20.3 Å². The third-order valence-corrected chi connectivity index (χ3v) is 8.57. The molecule has 0 aromatic carbocycles. The first-order valence-electron chi connectivity index (χ1n) is 14.8. The summed E-state index contributed by atoms with van der Waals surface area (Å²) in [6.07, 6.45) is 9.01. The third kappa shape index (κ3) is 6.44. The number of nitrogens with one attached hydrogen (secondary N) is 3. The Bertz CT molecular complexity index is 1790. The van der Waals surface area contributed by atoms with Crippen LogP contribution in [0.1, 0.15) is 80.6 Å². The molecule has 232 valence electrons. The smallest absolute Gasteiger partial charge is 0.305 e. The SMILES string of the molecule is C/C=C1/C(=C\c2[nH]c(/C=c3\[nH]/c(=C/C4=NC(=O)C(CC)=C4C)c(C)c3CCC(=O)O)c(CCC(=O)OC)c2C)NC(=O)C1C. The van der Waals surface area contributed by atoms with E-state index in [1.54, 1.807) is 0 Å². The molecule has 2 aliphatic rings. The molecule has 4 heterocycles. The molecule has 4 rings (SSSR count). The maximum Gasteiger partial charge on any atom is 0.305 e. The van der Waals surface area contributed by atoms with Crippen molar-refractivity contribution in [3.05, 3.63) is 72.8 Å². The molecule has 10 heteroatoms. The van der Waals surface area contributed by atoms with Gasteiger partial charge in [0.25, 0.3) is 5.91 Å². The van der Waals surface area contributed by atoms with E-state index < -0.39 is 5.97 Å². The predicted molar refractivity (Wildman–Crippen MR) is 169 cm³/mol. The van der Waals surface area contributed by atoms with Crippen molar-refractivity contribution in [2.24, 2.45) is 10.9 Å². The number of aliphatic carboxylic acids is 1. The molecule has 0 saturated carbocycles. The number of aromatic nitrogens is 2. The van der Waals surface area contributed by atoms with Crippen molar-refractivity contribution < 1.29 is 29.0 Å². The average Bonchev–Trinajstić information content (AvgIpc) is 3.63. The second kappa shape index (κ2) is 13.3. The summed E-state index contributed by atoms with van der Waals surface area (Å²) in [7, 11) is 1.36. The van der Waals surface area contributed by atoms with Crippen LogP contribution in [0.2, 0.25) is 0 Å². The van der Waals surface area contributed by atoms with Crippen molar-refractivity contribution in [1.82, 2.24) is 15.3 Å². The quantitative estimate of drug-likeness (QED) is 0.307. The molecule has 2 aromatic heterocycles. The molecule has 44 heavy (non-hydrogen) atoms. The Hall–Kier alpha value is -4.73. The summed E-state index contributed by atoms with van der Waals surface area (Å²) in [6, 6.07) is 0. The molecule has 2 aromatic rings. The van der Waals surface area contributed by atoms with Gasteiger partial charge in [-0.2, -0.15) is 0 Å². The van der Waals surface area contributed by atoms with Gasteiger partial charge in [-0.05, 0) is 106 Å². The van der Waals surface area contributed by atoms with Crippen LogP contribution in [0.15, 0.2) is 33.5 Å². The van der Waals surface area contributed by atoms with E-state index in [1.807, 2.05) is 65.8 Å². The van der Waals surface area contributed by atoms with Crippen LogP contribution in [0.5, 0.6) is 0 Å². The van der Waals surface area contributed by atoms with Gasteiger partial charge in [0.2, 0.25) is 5.91 Å². The molecular formula is C34H40N4O6. The van der Waals surface area contributed by atoms with Gasteiger partial charge in [0, 0.05) is 46.2 Å². The zero-order chi connectivity index (χ0) is 32.3. The lowest BCUT2D eigenvalue weighted by molar-refractivity contribution is -0.140. The van der Waals surface area contributed by atoms with Crippen LogP contribution >= 0.6 is 0 Å². The first-order valence-corrected chi connectivity index (χ1v) is 14.8.